The van der Waals surface area contributed by atoms with Gasteiger partial charge in [-0.3, -0.25) is 9.78 Å². The van der Waals surface area contributed by atoms with Gasteiger partial charge in [-0.2, -0.15) is 0 Å². The summed E-state index contributed by atoms with van der Waals surface area (Å²) in [5.74, 6) is 0.695. The van der Waals surface area contributed by atoms with E-state index in [4.69, 9.17) is 0 Å². The number of nitrogens with one attached hydrogen (secondary N) is 1. The number of thiazole rings is 1. The van der Waals surface area contributed by atoms with Crippen LogP contribution in [0, 0.1) is 0 Å². The minimum Gasteiger partial charge on any atom is -0.372 e. The van der Waals surface area contributed by atoms with Crippen LogP contribution in [0.15, 0.2) is 23.3 Å². The van der Waals surface area contributed by atoms with E-state index in [9.17, 15) is 4.79 Å². The molecule has 0 bridgehead atoms. The van der Waals surface area contributed by atoms with Gasteiger partial charge in [0.2, 0.25) is 0 Å². The number of hydrogen-bond donors (Lipinski definition) is 1. The average molecular weight is 289 g/mol. The van der Waals surface area contributed by atoms with Gasteiger partial charge in [0.15, 0.2) is 0 Å². The molecule has 1 amide bonds. The molecule has 0 saturated carbocycles. The zero-order valence-corrected chi connectivity index (χ0v) is 11.9. The molecule has 1 N–H and O–H groups in total. The quantitative estimate of drug-likeness (QED) is 0.935. The third-order valence-corrected chi connectivity index (χ3v) is 4.00. The highest BCUT2D eigenvalue weighted by molar-refractivity contribution is 7.07. The molecule has 3 rings (SSSR count). The SMILES string of the molecule is CNc1cncc([C@H]2CCCN2C(=O)c2cscn2)n1. The summed E-state index contributed by atoms with van der Waals surface area (Å²) >= 11 is 1.43. The Kier molecular flexibility index (Phi) is 3.60. The highest BCUT2D eigenvalue weighted by Gasteiger charge is 2.32. The van der Waals surface area contributed by atoms with Gasteiger partial charge < -0.3 is 10.2 Å². The zero-order valence-electron chi connectivity index (χ0n) is 11.1. The second-order valence-electron chi connectivity index (χ2n) is 4.61. The summed E-state index contributed by atoms with van der Waals surface area (Å²) < 4.78 is 0. The summed E-state index contributed by atoms with van der Waals surface area (Å²) in [6.45, 7) is 0.743. The first-order valence-electron chi connectivity index (χ1n) is 6.48. The molecule has 1 atom stereocenters. The molecule has 0 unspecified atom stereocenters. The molecule has 3 heterocycles. The smallest absolute Gasteiger partial charge is 0.273 e. The lowest BCUT2D eigenvalue weighted by Crippen LogP contribution is -2.31. The Morgan fingerprint density at radius 2 is 2.40 bits per heavy atom. The first-order valence-corrected chi connectivity index (χ1v) is 7.42. The molecule has 0 aliphatic carbocycles. The van der Waals surface area contributed by atoms with Crippen molar-refractivity contribution >= 4 is 23.1 Å². The summed E-state index contributed by atoms with van der Waals surface area (Å²) in [4.78, 5) is 27.1. The first-order chi connectivity index (χ1) is 9.79. The Morgan fingerprint density at radius 1 is 1.50 bits per heavy atom. The van der Waals surface area contributed by atoms with Crippen molar-refractivity contribution in [1.82, 2.24) is 19.9 Å². The zero-order chi connectivity index (χ0) is 13.9. The molecule has 2 aromatic heterocycles. The third kappa shape index (κ3) is 2.36. The Hall–Kier alpha value is -2.02. The second kappa shape index (κ2) is 5.54. The molecule has 0 spiro atoms. The van der Waals surface area contributed by atoms with Crippen LogP contribution in [0.5, 0.6) is 0 Å². The van der Waals surface area contributed by atoms with Gasteiger partial charge in [0.05, 0.1) is 29.6 Å². The molecule has 0 aromatic carbocycles. The predicted molar refractivity (Wildman–Crippen MR) is 76.7 cm³/mol. The molecule has 7 heteroatoms. The van der Waals surface area contributed by atoms with E-state index in [1.807, 2.05) is 4.90 Å². The maximum absolute atomic E-state index is 12.5. The summed E-state index contributed by atoms with van der Waals surface area (Å²) in [6.07, 6.45) is 5.30. The first kappa shape index (κ1) is 13.0. The molecule has 1 aliphatic heterocycles. The Bertz CT molecular complexity index is 601. The lowest BCUT2D eigenvalue weighted by Gasteiger charge is -2.23. The molecule has 1 saturated heterocycles. The molecule has 20 heavy (non-hydrogen) atoms. The molecular weight excluding hydrogens is 274 g/mol. The van der Waals surface area contributed by atoms with Crippen LogP contribution >= 0.6 is 11.3 Å². The minimum atomic E-state index is -0.0228. The van der Waals surface area contributed by atoms with E-state index < -0.39 is 0 Å². The second-order valence-corrected chi connectivity index (χ2v) is 5.33. The van der Waals surface area contributed by atoms with Crippen molar-refractivity contribution in [1.29, 1.82) is 0 Å². The van der Waals surface area contributed by atoms with Gasteiger partial charge in [-0.25, -0.2) is 9.97 Å². The number of carbonyl (C=O) groups is 1. The Balaban J connectivity index is 1.86. The molecule has 1 aliphatic rings. The van der Waals surface area contributed by atoms with Gasteiger partial charge in [0, 0.05) is 19.0 Å². The van der Waals surface area contributed by atoms with Crippen LogP contribution in [0.3, 0.4) is 0 Å². The third-order valence-electron chi connectivity index (χ3n) is 3.42. The summed E-state index contributed by atoms with van der Waals surface area (Å²) in [5, 5.41) is 4.76. The van der Waals surface area contributed by atoms with Gasteiger partial charge >= 0.3 is 0 Å². The Morgan fingerprint density at radius 3 is 3.15 bits per heavy atom. The van der Waals surface area contributed by atoms with Crippen LogP contribution in [-0.2, 0) is 0 Å². The molecule has 0 radical (unpaired) electrons. The minimum absolute atomic E-state index is 0.00926. The summed E-state index contributed by atoms with van der Waals surface area (Å²) in [6, 6.07) is -0.00926. The number of hydrogen-bond acceptors (Lipinski definition) is 6. The van der Waals surface area contributed by atoms with E-state index in [0.717, 1.165) is 30.9 Å². The monoisotopic (exact) mass is 289 g/mol. The van der Waals surface area contributed by atoms with E-state index in [0.29, 0.717) is 5.69 Å². The van der Waals surface area contributed by atoms with Crippen LogP contribution in [0.25, 0.3) is 0 Å². The van der Waals surface area contributed by atoms with E-state index in [-0.39, 0.29) is 11.9 Å². The van der Waals surface area contributed by atoms with Crippen molar-refractivity contribution in [3.05, 3.63) is 34.7 Å². The van der Waals surface area contributed by atoms with Crippen molar-refractivity contribution in [3.8, 4) is 0 Å². The van der Waals surface area contributed by atoms with Crippen molar-refractivity contribution in [2.45, 2.75) is 18.9 Å². The van der Waals surface area contributed by atoms with Crippen LogP contribution in [-0.4, -0.2) is 39.4 Å². The van der Waals surface area contributed by atoms with Crippen LogP contribution in [0.1, 0.15) is 35.1 Å². The van der Waals surface area contributed by atoms with Crippen molar-refractivity contribution < 1.29 is 4.79 Å². The molecule has 104 valence electrons. The summed E-state index contributed by atoms with van der Waals surface area (Å²) in [7, 11) is 1.81. The van der Waals surface area contributed by atoms with E-state index in [1.54, 1.807) is 30.3 Å². The van der Waals surface area contributed by atoms with E-state index >= 15 is 0 Å². The van der Waals surface area contributed by atoms with Crippen molar-refractivity contribution in [3.63, 3.8) is 0 Å². The number of aromatic nitrogens is 3. The van der Waals surface area contributed by atoms with Gasteiger partial charge in [-0.1, -0.05) is 0 Å². The Labute approximate surface area is 120 Å². The number of carbonyl (C=O) groups excluding carboxylic acids is 1. The normalized spacial score (nSPS) is 18.2. The number of anilines is 1. The standard InChI is InChI=1S/C13H15N5OS/c1-14-12-6-15-5-9(17-12)11-3-2-4-18(11)13(19)10-7-20-8-16-10/h5-8,11H,2-4H2,1H3,(H,14,17)/t11-/m1/s1. The fourth-order valence-electron chi connectivity index (χ4n) is 2.44. The van der Waals surface area contributed by atoms with Gasteiger partial charge in [0.1, 0.15) is 11.5 Å². The lowest BCUT2D eigenvalue weighted by atomic mass is 10.1. The van der Waals surface area contributed by atoms with Gasteiger partial charge in [0.25, 0.3) is 5.91 Å². The summed E-state index contributed by atoms with van der Waals surface area (Å²) in [5.41, 5.74) is 3.03. The molecule has 2 aromatic rings. The van der Waals surface area contributed by atoms with Gasteiger partial charge in [-0.05, 0) is 12.8 Å². The lowest BCUT2D eigenvalue weighted by molar-refractivity contribution is 0.0727. The fourth-order valence-corrected chi connectivity index (χ4v) is 2.97. The van der Waals surface area contributed by atoms with E-state index in [2.05, 4.69) is 20.3 Å². The number of rotatable bonds is 3. The largest absolute Gasteiger partial charge is 0.372 e. The predicted octanol–water partition coefficient (Wildman–Crippen LogP) is 1.95. The topological polar surface area (TPSA) is 71.0 Å². The molecule has 1 fully saturated rings. The van der Waals surface area contributed by atoms with Crippen LogP contribution in [0.2, 0.25) is 0 Å². The maximum Gasteiger partial charge on any atom is 0.273 e. The maximum atomic E-state index is 12.5. The van der Waals surface area contributed by atoms with Crippen LogP contribution in [0.4, 0.5) is 5.82 Å². The molecular formula is C13H15N5OS. The fraction of sp³-hybridized carbons (Fsp3) is 0.385. The van der Waals surface area contributed by atoms with Gasteiger partial charge in [-0.15, -0.1) is 11.3 Å². The van der Waals surface area contributed by atoms with Crippen molar-refractivity contribution in [2.24, 2.45) is 0 Å². The average Bonchev–Trinajstić information content (AvgIpc) is 3.17. The molecule has 6 nitrogen and oxygen atoms in total. The van der Waals surface area contributed by atoms with Crippen molar-refractivity contribution in [2.75, 3.05) is 18.9 Å². The highest BCUT2D eigenvalue weighted by Crippen LogP contribution is 2.32. The number of nitrogens with zero attached hydrogens (tertiary/aromatic N) is 4. The number of likely N-dealkylation sites (tertiary alicyclic amines) is 1. The highest BCUT2D eigenvalue weighted by atomic mass is 32.1. The van der Waals surface area contributed by atoms with E-state index in [1.165, 1.54) is 11.3 Å². The number of amides is 1. The van der Waals surface area contributed by atoms with Crippen LogP contribution < -0.4 is 5.32 Å².